The van der Waals surface area contributed by atoms with Crippen molar-refractivity contribution in [3.05, 3.63) is 23.9 Å². The first-order valence-corrected chi connectivity index (χ1v) is 8.76. The summed E-state index contributed by atoms with van der Waals surface area (Å²) < 4.78 is 17.9. The molecule has 0 aliphatic carbocycles. The number of hydrogen-bond acceptors (Lipinski definition) is 5. The zero-order valence-electron chi connectivity index (χ0n) is 13.6. The molecule has 7 heteroatoms. The highest BCUT2D eigenvalue weighted by Crippen LogP contribution is 2.22. The number of nitrogens with zero attached hydrogens (tertiary/aromatic N) is 3. The molecular weight excluding hydrogens is 314 g/mol. The van der Waals surface area contributed by atoms with E-state index in [9.17, 15) is 9.00 Å². The monoisotopic (exact) mass is 335 g/mol. The van der Waals surface area contributed by atoms with Crippen LogP contribution < -0.4 is 0 Å². The van der Waals surface area contributed by atoms with Crippen LogP contribution in [-0.2, 0) is 15.5 Å². The molecule has 0 bridgehead atoms. The van der Waals surface area contributed by atoms with Crippen molar-refractivity contribution >= 4 is 16.9 Å². The average Bonchev–Trinajstić information content (AvgIpc) is 2.53. The molecule has 1 atom stereocenters. The minimum absolute atomic E-state index is 0.0601. The molecule has 0 spiro atoms. The Balaban J connectivity index is 1.95. The van der Waals surface area contributed by atoms with Gasteiger partial charge in [-0.25, -0.2) is 9.78 Å². The van der Waals surface area contributed by atoms with Crippen molar-refractivity contribution in [1.82, 2.24) is 9.88 Å². The molecular formula is C16H21N3O3S. The Labute approximate surface area is 138 Å². The second kappa shape index (κ2) is 7.09. The molecule has 23 heavy (non-hydrogen) atoms. The third-order valence-corrected chi connectivity index (χ3v) is 5.18. The summed E-state index contributed by atoms with van der Waals surface area (Å²) in [5.41, 5.74) is -0.0622. The van der Waals surface area contributed by atoms with Gasteiger partial charge in [-0.2, -0.15) is 5.26 Å². The number of aromatic nitrogens is 1. The molecule has 6 nitrogen and oxygen atoms in total. The van der Waals surface area contributed by atoms with E-state index in [1.165, 1.54) is 6.20 Å². The van der Waals surface area contributed by atoms with Gasteiger partial charge in [-0.05, 0) is 45.7 Å². The first-order chi connectivity index (χ1) is 10.8. The first-order valence-electron chi connectivity index (χ1n) is 7.55. The van der Waals surface area contributed by atoms with Crippen LogP contribution >= 0.6 is 0 Å². The largest absolute Gasteiger partial charge is 0.444 e. The number of piperidine rings is 1. The normalized spacial score (nSPS) is 17.4. The van der Waals surface area contributed by atoms with Crippen LogP contribution in [0.5, 0.6) is 0 Å². The van der Waals surface area contributed by atoms with E-state index in [0.717, 1.165) is 0 Å². The van der Waals surface area contributed by atoms with E-state index in [1.54, 1.807) is 17.0 Å². The van der Waals surface area contributed by atoms with E-state index in [0.29, 0.717) is 36.5 Å². The topological polar surface area (TPSA) is 83.3 Å². The third kappa shape index (κ3) is 4.76. The molecule has 1 amide bonds. The van der Waals surface area contributed by atoms with E-state index >= 15 is 0 Å². The Morgan fingerprint density at radius 2 is 2.09 bits per heavy atom. The molecule has 2 rings (SSSR count). The zero-order chi connectivity index (χ0) is 17.0. The van der Waals surface area contributed by atoms with Crippen LogP contribution in [0.1, 0.15) is 39.2 Å². The molecule has 0 saturated carbocycles. The first kappa shape index (κ1) is 17.4. The van der Waals surface area contributed by atoms with Gasteiger partial charge in [0.1, 0.15) is 10.6 Å². The standard InChI is InChI=1S/C16H21N3O3S/c1-16(2,3)22-15(20)19-8-5-13(6-9-19)23(21)14-10-12(11-17)4-7-18-14/h4,7,10,13H,5-6,8-9H2,1-3H3/t23-/m0/s1. The summed E-state index contributed by atoms with van der Waals surface area (Å²) in [5, 5.41) is 9.28. The Hall–Kier alpha value is -1.94. The molecule has 1 aromatic heterocycles. The van der Waals surface area contributed by atoms with E-state index in [2.05, 4.69) is 4.98 Å². The predicted octanol–water partition coefficient (Wildman–Crippen LogP) is 2.46. The van der Waals surface area contributed by atoms with Gasteiger partial charge in [-0.15, -0.1) is 0 Å². The molecule has 0 N–H and O–H groups in total. The average molecular weight is 335 g/mol. The SMILES string of the molecule is CC(C)(C)OC(=O)N1CCC([S@](=O)c2cc(C#N)ccn2)CC1. The van der Waals surface area contributed by atoms with Gasteiger partial charge in [-0.1, -0.05) is 0 Å². The molecule has 0 aromatic carbocycles. The number of rotatable bonds is 2. The van der Waals surface area contributed by atoms with Crippen molar-refractivity contribution < 1.29 is 13.7 Å². The van der Waals surface area contributed by atoms with Crippen molar-refractivity contribution in [3.63, 3.8) is 0 Å². The van der Waals surface area contributed by atoms with Gasteiger partial charge >= 0.3 is 6.09 Å². The van der Waals surface area contributed by atoms with Crippen molar-refractivity contribution in [1.29, 1.82) is 5.26 Å². The lowest BCUT2D eigenvalue weighted by atomic mass is 10.1. The number of likely N-dealkylation sites (tertiary alicyclic amines) is 1. The summed E-state index contributed by atoms with van der Waals surface area (Å²) in [6, 6.07) is 5.18. The van der Waals surface area contributed by atoms with Gasteiger partial charge in [-0.3, -0.25) is 4.21 Å². The number of hydrogen-bond donors (Lipinski definition) is 0. The molecule has 1 fully saturated rings. The van der Waals surface area contributed by atoms with E-state index in [-0.39, 0.29) is 11.3 Å². The second-order valence-corrected chi connectivity index (χ2v) is 8.14. The van der Waals surface area contributed by atoms with Crippen molar-refractivity contribution in [2.75, 3.05) is 13.1 Å². The fourth-order valence-corrected chi connectivity index (χ4v) is 3.73. The highest BCUT2D eigenvalue weighted by atomic mass is 32.2. The smallest absolute Gasteiger partial charge is 0.410 e. The number of ether oxygens (including phenoxy) is 1. The number of nitriles is 1. The van der Waals surface area contributed by atoms with Crippen LogP contribution in [0.4, 0.5) is 4.79 Å². The van der Waals surface area contributed by atoms with E-state index in [1.807, 2.05) is 26.8 Å². The van der Waals surface area contributed by atoms with E-state index < -0.39 is 16.4 Å². The lowest BCUT2D eigenvalue weighted by molar-refractivity contribution is 0.0218. The van der Waals surface area contributed by atoms with Crippen LogP contribution in [0, 0.1) is 11.3 Å². The number of pyridine rings is 1. The van der Waals surface area contributed by atoms with Crippen LogP contribution in [0.15, 0.2) is 23.4 Å². The number of carbonyl (C=O) groups excluding carboxylic acids is 1. The van der Waals surface area contributed by atoms with Crippen molar-refractivity contribution in [3.8, 4) is 6.07 Å². The Bertz CT molecular complexity index is 641. The van der Waals surface area contributed by atoms with E-state index in [4.69, 9.17) is 10.00 Å². The quantitative estimate of drug-likeness (QED) is 0.829. The molecule has 1 aliphatic heterocycles. The Morgan fingerprint density at radius 1 is 1.43 bits per heavy atom. The van der Waals surface area contributed by atoms with Crippen molar-refractivity contribution in [2.24, 2.45) is 0 Å². The minimum Gasteiger partial charge on any atom is -0.444 e. The fraction of sp³-hybridized carbons (Fsp3) is 0.562. The summed E-state index contributed by atoms with van der Waals surface area (Å²) in [6.45, 7) is 6.54. The van der Waals surface area contributed by atoms with Gasteiger partial charge in [0.05, 0.1) is 22.4 Å². The van der Waals surface area contributed by atoms with Crippen LogP contribution in [0.25, 0.3) is 0 Å². The van der Waals surface area contributed by atoms with Gasteiger partial charge in [0.25, 0.3) is 0 Å². The molecule has 2 heterocycles. The Kier molecular flexibility index (Phi) is 5.37. The summed E-state index contributed by atoms with van der Waals surface area (Å²) in [7, 11) is -1.27. The maximum atomic E-state index is 12.6. The fourth-order valence-electron chi connectivity index (χ4n) is 2.34. The summed E-state index contributed by atoms with van der Waals surface area (Å²) in [5.74, 6) is 0. The maximum Gasteiger partial charge on any atom is 0.410 e. The summed E-state index contributed by atoms with van der Waals surface area (Å²) in [4.78, 5) is 17.8. The molecule has 1 aromatic rings. The number of carbonyl (C=O) groups is 1. The molecule has 124 valence electrons. The Morgan fingerprint density at radius 3 is 2.65 bits per heavy atom. The van der Waals surface area contributed by atoms with Gasteiger partial charge in [0.2, 0.25) is 0 Å². The minimum atomic E-state index is -1.27. The van der Waals surface area contributed by atoms with Gasteiger partial charge < -0.3 is 9.64 Å². The second-order valence-electron chi connectivity index (χ2n) is 6.46. The highest BCUT2D eigenvalue weighted by Gasteiger charge is 2.30. The lowest BCUT2D eigenvalue weighted by Crippen LogP contribution is -2.43. The predicted molar refractivity (Wildman–Crippen MR) is 86.2 cm³/mol. The summed E-state index contributed by atoms with van der Waals surface area (Å²) in [6.07, 6.45) is 2.43. The molecule has 0 unspecified atom stereocenters. The maximum absolute atomic E-state index is 12.6. The highest BCUT2D eigenvalue weighted by molar-refractivity contribution is 7.85. The van der Waals surface area contributed by atoms with Gasteiger partial charge in [0.15, 0.2) is 0 Å². The van der Waals surface area contributed by atoms with Gasteiger partial charge in [0, 0.05) is 24.5 Å². The third-order valence-electron chi connectivity index (χ3n) is 3.47. The lowest BCUT2D eigenvalue weighted by Gasteiger charge is -2.32. The van der Waals surface area contributed by atoms with Crippen LogP contribution in [0.3, 0.4) is 0 Å². The molecule has 1 saturated heterocycles. The van der Waals surface area contributed by atoms with Crippen LogP contribution in [0.2, 0.25) is 0 Å². The molecule has 0 radical (unpaired) electrons. The zero-order valence-corrected chi connectivity index (χ0v) is 14.4. The van der Waals surface area contributed by atoms with Crippen LogP contribution in [-0.4, -0.2) is 44.1 Å². The number of amides is 1. The molecule has 1 aliphatic rings. The summed E-state index contributed by atoms with van der Waals surface area (Å²) >= 11 is 0. The van der Waals surface area contributed by atoms with Crippen molar-refractivity contribution in [2.45, 2.75) is 49.5 Å².